The first kappa shape index (κ1) is 12.2. The molecule has 0 unspecified atom stereocenters. The smallest absolute Gasteiger partial charge is 0.142 e. The fraction of sp³-hybridized carbons (Fsp3) is 0.133. The van der Waals surface area contributed by atoms with Crippen LogP contribution in [0.15, 0.2) is 59.8 Å². The van der Waals surface area contributed by atoms with Gasteiger partial charge in [-0.15, -0.1) is 0 Å². The Morgan fingerprint density at radius 1 is 1.06 bits per heavy atom. The molecule has 0 saturated carbocycles. The first-order valence-electron chi connectivity index (χ1n) is 5.75. The Morgan fingerprint density at radius 3 is 2.39 bits per heavy atom. The average Bonchev–Trinajstić information content (AvgIpc) is 2.40. The van der Waals surface area contributed by atoms with E-state index >= 15 is 0 Å². The van der Waals surface area contributed by atoms with E-state index in [0.29, 0.717) is 6.61 Å². The van der Waals surface area contributed by atoms with Gasteiger partial charge < -0.3 is 9.94 Å². The molecule has 18 heavy (non-hydrogen) atoms. The maximum Gasteiger partial charge on any atom is 0.142 e. The Kier molecular flexibility index (Phi) is 3.97. The molecule has 0 atom stereocenters. The summed E-state index contributed by atoms with van der Waals surface area (Å²) < 4.78 is 0. The van der Waals surface area contributed by atoms with Gasteiger partial charge in [-0.2, -0.15) is 0 Å². The van der Waals surface area contributed by atoms with Gasteiger partial charge in [0.05, 0.1) is 5.71 Å². The molecule has 2 aromatic rings. The molecule has 3 heteroatoms. The minimum absolute atomic E-state index is 0.247. The van der Waals surface area contributed by atoms with Crippen LogP contribution < -0.4 is 0 Å². The molecule has 3 nitrogen and oxygen atoms in total. The number of nitrogens with zero attached hydrogens (tertiary/aromatic N) is 1. The molecule has 0 aliphatic rings. The molecule has 0 heterocycles. The third kappa shape index (κ3) is 3.35. The zero-order chi connectivity index (χ0) is 12.8. The number of hydrogen-bond acceptors (Lipinski definition) is 3. The van der Waals surface area contributed by atoms with Crippen molar-refractivity contribution in [1.82, 2.24) is 0 Å². The van der Waals surface area contributed by atoms with Crippen LogP contribution in [0.3, 0.4) is 0 Å². The van der Waals surface area contributed by atoms with Crippen molar-refractivity contribution in [1.29, 1.82) is 0 Å². The largest absolute Gasteiger partial charge is 0.508 e. The summed E-state index contributed by atoms with van der Waals surface area (Å²) in [5.74, 6) is 0.247. The molecule has 0 spiro atoms. The van der Waals surface area contributed by atoms with E-state index in [1.54, 1.807) is 24.3 Å². The summed E-state index contributed by atoms with van der Waals surface area (Å²) in [5, 5.41) is 13.2. The van der Waals surface area contributed by atoms with Gasteiger partial charge in [0.2, 0.25) is 0 Å². The predicted molar refractivity (Wildman–Crippen MR) is 71.5 cm³/mol. The molecule has 2 rings (SSSR count). The molecular weight excluding hydrogens is 226 g/mol. The van der Waals surface area contributed by atoms with E-state index in [1.807, 2.05) is 37.3 Å². The minimum atomic E-state index is 0.247. The van der Waals surface area contributed by atoms with Gasteiger partial charge in [0.1, 0.15) is 12.4 Å². The summed E-state index contributed by atoms with van der Waals surface area (Å²) in [6, 6.07) is 16.8. The van der Waals surface area contributed by atoms with Crippen molar-refractivity contribution >= 4 is 5.71 Å². The second-order valence-corrected chi connectivity index (χ2v) is 3.98. The molecule has 0 saturated heterocycles. The van der Waals surface area contributed by atoms with Gasteiger partial charge in [0.25, 0.3) is 0 Å². The Labute approximate surface area is 106 Å². The number of phenols is 1. The molecule has 0 amide bonds. The lowest BCUT2D eigenvalue weighted by Crippen LogP contribution is -1.96. The molecule has 0 bridgehead atoms. The first-order valence-corrected chi connectivity index (χ1v) is 5.75. The highest BCUT2D eigenvalue weighted by Crippen LogP contribution is 2.11. The van der Waals surface area contributed by atoms with Gasteiger partial charge >= 0.3 is 0 Å². The standard InChI is InChI=1S/C15H15NO2/c1-12(14-7-9-15(17)10-8-14)16-18-11-13-5-3-2-4-6-13/h2-10,17H,11H2,1H3. The van der Waals surface area contributed by atoms with Crippen LogP contribution in [-0.2, 0) is 11.4 Å². The molecule has 2 aromatic carbocycles. The van der Waals surface area contributed by atoms with Crippen molar-refractivity contribution < 1.29 is 9.94 Å². The highest BCUT2D eigenvalue weighted by atomic mass is 16.6. The topological polar surface area (TPSA) is 41.8 Å². The van der Waals surface area contributed by atoms with Crippen LogP contribution in [0.1, 0.15) is 18.1 Å². The lowest BCUT2D eigenvalue weighted by molar-refractivity contribution is 0.130. The van der Waals surface area contributed by atoms with Crippen LogP contribution in [0.4, 0.5) is 0 Å². The minimum Gasteiger partial charge on any atom is -0.508 e. The fourth-order valence-electron chi connectivity index (χ4n) is 1.53. The first-order chi connectivity index (χ1) is 8.75. The van der Waals surface area contributed by atoms with Gasteiger partial charge in [0, 0.05) is 0 Å². The Hall–Kier alpha value is -2.29. The van der Waals surface area contributed by atoms with Gasteiger partial charge in [-0.1, -0.05) is 35.5 Å². The lowest BCUT2D eigenvalue weighted by atomic mass is 10.1. The van der Waals surface area contributed by atoms with Crippen molar-refractivity contribution in [3.63, 3.8) is 0 Å². The van der Waals surface area contributed by atoms with Crippen molar-refractivity contribution in [2.75, 3.05) is 0 Å². The summed E-state index contributed by atoms with van der Waals surface area (Å²) in [6.45, 7) is 2.33. The zero-order valence-corrected chi connectivity index (χ0v) is 10.2. The second kappa shape index (κ2) is 5.87. The van der Waals surface area contributed by atoms with Crippen LogP contribution in [0.5, 0.6) is 5.75 Å². The Morgan fingerprint density at radius 2 is 1.72 bits per heavy atom. The van der Waals surface area contributed by atoms with Crippen molar-refractivity contribution in [3.8, 4) is 5.75 Å². The molecular formula is C15H15NO2. The summed E-state index contributed by atoms with van der Waals surface area (Å²) in [7, 11) is 0. The van der Waals surface area contributed by atoms with E-state index in [4.69, 9.17) is 4.84 Å². The summed E-state index contributed by atoms with van der Waals surface area (Å²) in [5.41, 5.74) is 2.80. The fourth-order valence-corrected chi connectivity index (χ4v) is 1.53. The monoisotopic (exact) mass is 241 g/mol. The van der Waals surface area contributed by atoms with Gasteiger partial charge in [-0.3, -0.25) is 0 Å². The lowest BCUT2D eigenvalue weighted by Gasteiger charge is -2.03. The van der Waals surface area contributed by atoms with Crippen molar-refractivity contribution in [3.05, 3.63) is 65.7 Å². The van der Waals surface area contributed by atoms with Crippen molar-refractivity contribution in [2.24, 2.45) is 5.16 Å². The third-order valence-electron chi connectivity index (χ3n) is 2.56. The van der Waals surface area contributed by atoms with Crippen LogP contribution in [0.25, 0.3) is 0 Å². The quantitative estimate of drug-likeness (QED) is 0.659. The number of rotatable bonds is 4. The van der Waals surface area contributed by atoms with Gasteiger partial charge in [-0.25, -0.2) is 0 Å². The maximum atomic E-state index is 9.19. The van der Waals surface area contributed by atoms with Gasteiger partial charge in [-0.05, 0) is 42.3 Å². The van der Waals surface area contributed by atoms with E-state index in [0.717, 1.165) is 16.8 Å². The van der Waals surface area contributed by atoms with E-state index < -0.39 is 0 Å². The van der Waals surface area contributed by atoms with Crippen LogP contribution in [-0.4, -0.2) is 10.8 Å². The predicted octanol–water partition coefficient (Wildman–Crippen LogP) is 3.33. The van der Waals surface area contributed by atoms with Gasteiger partial charge in [0.15, 0.2) is 0 Å². The molecule has 0 aromatic heterocycles. The van der Waals surface area contributed by atoms with E-state index in [2.05, 4.69) is 5.16 Å². The normalized spacial score (nSPS) is 11.3. The van der Waals surface area contributed by atoms with Crippen molar-refractivity contribution in [2.45, 2.75) is 13.5 Å². The molecule has 0 radical (unpaired) electrons. The van der Waals surface area contributed by atoms with E-state index in [9.17, 15) is 5.11 Å². The van der Waals surface area contributed by atoms with Crippen LogP contribution in [0.2, 0.25) is 0 Å². The van der Waals surface area contributed by atoms with Crippen LogP contribution >= 0.6 is 0 Å². The number of aromatic hydroxyl groups is 1. The highest BCUT2D eigenvalue weighted by molar-refractivity contribution is 5.98. The Bertz CT molecular complexity index is 518. The summed E-state index contributed by atoms with van der Waals surface area (Å²) in [6.07, 6.45) is 0. The number of phenolic OH excluding ortho intramolecular Hbond substituents is 1. The SMILES string of the molecule is CC(=NOCc1ccccc1)c1ccc(O)cc1. The van der Waals surface area contributed by atoms with Crippen LogP contribution in [0, 0.1) is 0 Å². The highest BCUT2D eigenvalue weighted by Gasteiger charge is 1.98. The zero-order valence-electron chi connectivity index (χ0n) is 10.2. The average molecular weight is 241 g/mol. The number of benzene rings is 2. The molecule has 0 aliphatic carbocycles. The number of hydrogen-bond donors (Lipinski definition) is 1. The molecule has 92 valence electrons. The molecule has 0 aliphatic heterocycles. The molecule has 1 N–H and O–H groups in total. The third-order valence-corrected chi connectivity index (χ3v) is 2.56. The van der Waals surface area contributed by atoms with E-state index in [1.165, 1.54) is 0 Å². The molecule has 0 fully saturated rings. The maximum absolute atomic E-state index is 9.19. The summed E-state index contributed by atoms with van der Waals surface area (Å²) >= 11 is 0. The summed E-state index contributed by atoms with van der Waals surface area (Å²) in [4.78, 5) is 5.29. The van der Waals surface area contributed by atoms with E-state index in [-0.39, 0.29) is 5.75 Å². The number of oxime groups is 1. The Balaban J connectivity index is 1.95. The second-order valence-electron chi connectivity index (χ2n) is 3.98.